The van der Waals surface area contributed by atoms with Gasteiger partial charge in [-0.15, -0.1) is 11.3 Å². The number of hydrogen-bond acceptors (Lipinski definition) is 7. The maximum atomic E-state index is 13.1. The molecule has 0 spiro atoms. The molecule has 10 heteroatoms. The zero-order valence-electron chi connectivity index (χ0n) is 17.9. The fourth-order valence-corrected chi connectivity index (χ4v) is 4.71. The summed E-state index contributed by atoms with van der Waals surface area (Å²) in [7, 11) is 1.58. The maximum Gasteiger partial charge on any atom is 0.262 e. The molecule has 4 rings (SSSR count). The molecule has 32 heavy (non-hydrogen) atoms. The van der Waals surface area contributed by atoms with Crippen LogP contribution in [0.1, 0.15) is 20.8 Å². The molecular formula is C22H24N4O5S. The highest BCUT2D eigenvalue weighted by atomic mass is 32.1. The SMILES string of the molecule is COc1ccccc1CNC(=O)c1sc2ncn(CC(=O)N3CCOCC3)c(=O)c2c1C. The van der Waals surface area contributed by atoms with Crippen LogP contribution in [0.3, 0.4) is 0 Å². The summed E-state index contributed by atoms with van der Waals surface area (Å²) in [6, 6.07) is 7.44. The van der Waals surface area contributed by atoms with Crippen molar-refractivity contribution >= 4 is 33.4 Å². The predicted molar refractivity (Wildman–Crippen MR) is 120 cm³/mol. The first-order chi connectivity index (χ1) is 15.5. The van der Waals surface area contributed by atoms with Gasteiger partial charge in [-0.3, -0.25) is 19.0 Å². The monoisotopic (exact) mass is 456 g/mol. The minimum atomic E-state index is -0.325. The van der Waals surface area contributed by atoms with E-state index in [1.807, 2.05) is 24.3 Å². The standard InChI is InChI=1S/C22H24N4O5S/c1-14-18-21(24-13-26(22(18)29)12-17(27)25-7-9-31-10-8-25)32-19(14)20(28)23-11-15-5-3-4-6-16(15)30-2/h3-6,13H,7-12H2,1-2H3,(H,23,28). The molecule has 3 heterocycles. The third-order valence-electron chi connectivity index (χ3n) is 5.42. The van der Waals surface area contributed by atoms with Gasteiger partial charge in [0.15, 0.2) is 0 Å². The number of thiophene rings is 1. The van der Waals surface area contributed by atoms with Crippen molar-refractivity contribution in [3.8, 4) is 5.75 Å². The molecule has 0 aliphatic carbocycles. The molecule has 168 valence electrons. The van der Waals surface area contributed by atoms with E-state index in [-0.39, 0.29) is 23.9 Å². The number of para-hydroxylation sites is 1. The zero-order valence-corrected chi connectivity index (χ0v) is 18.7. The highest BCUT2D eigenvalue weighted by molar-refractivity contribution is 7.20. The molecule has 1 aliphatic rings. The first-order valence-electron chi connectivity index (χ1n) is 10.2. The lowest BCUT2D eigenvalue weighted by Crippen LogP contribution is -2.43. The second kappa shape index (κ2) is 9.49. The first kappa shape index (κ1) is 22.0. The summed E-state index contributed by atoms with van der Waals surface area (Å²) in [6.45, 7) is 3.95. The molecule has 0 unspecified atom stereocenters. The van der Waals surface area contributed by atoms with Gasteiger partial charge in [0.1, 0.15) is 17.1 Å². The van der Waals surface area contributed by atoms with Crippen LogP contribution in [0.4, 0.5) is 0 Å². The Bertz CT molecular complexity index is 1210. The molecule has 3 aromatic rings. The number of amides is 2. The molecule has 1 saturated heterocycles. The fraction of sp³-hybridized carbons (Fsp3) is 0.364. The van der Waals surface area contributed by atoms with Crippen LogP contribution in [0.5, 0.6) is 5.75 Å². The smallest absolute Gasteiger partial charge is 0.262 e. The van der Waals surface area contributed by atoms with Gasteiger partial charge in [0.25, 0.3) is 11.5 Å². The predicted octanol–water partition coefficient (Wildman–Crippen LogP) is 1.56. The minimum Gasteiger partial charge on any atom is -0.496 e. The largest absolute Gasteiger partial charge is 0.496 e. The van der Waals surface area contributed by atoms with E-state index in [9.17, 15) is 14.4 Å². The van der Waals surface area contributed by atoms with Crippen LogP contribution in [0.25, 0.3) is 10.2 Å². The van der Waals surface area contributed by atoms with Crippen molar-refractivity contribution in [3.05, 3.63) is 57.0 Å². The van der Waals surface area contributed by atoms with Gasteiger partial charge in [-0.25, -0.2) is 4.98 Å². The van der Waals surface area contributed by atoms with E-state index < -0.39 is 0 Å². The van der Waals surface area contributed by atoms with Crippen LogP contribution in [-0.2, 0) is 22.6 Å². The summed E-state index contributed by atoms with van der Waals surface area (Å²) >= 11 is 1.17. The lowest BCUT2D eigenvalue weighted by molar-refractivity contribution is -0.135. The van der Waals surface area contributed by atoms with Crippen LogP contribution in [-0.4, -0.2) is 59.7 Å². The lowest BCUT2D eigenvalue weighted by atomic mass is 10.2. The second-order valence-corrected chi connectivity index (χ2v) is 8.40. The second-order valence-electron chi connectivity index (χ2n) is 7.40. The van der Waals surface area contributed by atoms with Crippen molar-refractivity contribution in [1.82, 2.24) is 19.8 Å². The minimum absolute atomic E-state index is 0.0909. The van der Waals surface area contributed by atoms with Crippen LogP contribution in [0, 0.1) is 6.92 Å². The Morgan fingerprint density at radius 2 is 2.00 bits per heavy atom. The van der Waals surface area contributed by atoms with Crippen molar-refractivity contribution < 1.29 is 19.1 Å². The van der Waals surface area contributed by atoms with Crippen molar-refractivity contribution in [2.45, 2.75) is 20.0 Å². The van der Waals surface area contributed by atoms with Gasteiger partial charge in [-0.2, -0.15) is 0 Å². The summed E-state index contributed by atoms with van der Waals surface area (Å²) < 4.78 is 11.9. The summed E-state index contributed by atoms with van der Waals surface area (Å²) in [4.78, 5) is 45.3. The number of benzene rings is 1. The number of methoxy groups -OCH3 is 1. The molecule has 1 aliphatic heterocycles. The van der Waals surface area contributed by atoms with E-state index in [2.05, 4.69) is 10.3 Å². The number of carbonyl (C=O) groups excluding carboxylic acids is 2. The van der Waals surface area contributed by atoms with Crippen molar-refractivity contribution in [3.63, 3.8) is 0 Å². The molecule has 1 fully saturated rings. The highest BCUT2D eigenvalue weighted by Gasteiger charge is 2.22. The fourth-order valence-electron chi connectivity index (χ4n) is 3.65. The number of aromatic nitrogens is 2. The third-order valence-corrected chi connectivity index (χ3v) is 6.62. The van der Waals surface area contributed by atoms with Crippen LogP contribution < -0.4 is 15.6 Å². The Morgan fingerprint density at radius 1 is 1.25 bits per heavy atom. The van der Waals surface area contributed by atoms with Gasteiger partial charge in [0.05, 0.1) is 36.9 Å². The quantitative estimate of drug-likeness (QED) is 0.604. The van der Waals surface area contributed by atoms with Crippen molar-refractivity contribution in [2.75, 3.05) is 33.4 Å². The Hall–Kier alpha value is -3.24. The molecule has 2 amide bonds. The highest BCUT2D eigenvalue weighted by Crippen LogP contribution is 2.27. The van der Waals surface area contributed by atoms with Gasteiger partial charge >= 0.3 is 0 Å². The topological polar surface area (TPSA) is 103 Å². The van der Waals surface area contributed by atoms with Gasteiger partial charge in [-0.05, 0) is 18.6 Å². The lowest BCUT2D eigenvalue weighted by Gasteiger charge is -2.26. The number of rotatable bonds is 6. The molecule has 0 radical (unpaired) electrons. The molecule has 0 atom stereocenters. The number of carbonyl (C=O) groups is 2. The third kappa shape index (κ3) is 4.37. The van der Waals surface area contributed by atoms with Gasteiger partial charge in [0.2, 0.25) is 5.91 Å². The molecule has 9 nitrogen and oxygen atoms in total. The average molecular weight is 457 g/mol. The van der Waals surface area contributed by atoms with Gasteiger partial charge < -0.3 is 19.7 Å². The number of nitrogens with zero attached hydrogens (tertiary/aromatic N) is 3. The number of aryl methyl sites for hydroxylation is 1. The van der Waals surface area contributed by atoms with Crippen LogP contribution >= 0.6 is 11.3 Å². The number of nitrogens with one attached hydrogen (secondary N) is 1. The molecule has 2 aromatic heterocycles. The number of morpholine rings is 1. The summed E-state index contributed by atoms with van der Waals surface area (Å²) in [5.74, 6) is 0.251. The Kier molecular flexibility index (Phi) is 6.52. The molecule has 1 aromatic carbocycles. The van der Waals surface area contributed by atoms with E-state index in [1.165, 1.54) is 22.2 Å². The number of ether oxygens (including phenoxy) is 2. The van der Waals surface area contributed by atoms with Crippen molar-refractivity contribution in [2.24, 2.45) is 0 Å². The Morgan fingerprint density at radius 3 is 2.75 bits per heavy atom. The molecular weight excluding hydrogens is 432 g/mol. The molecule has 0 bridgehead atoms. The maximum absolute atomic E-state index is 13.1. The zero-order chi connectivity index (χ0) is 22.7. The van der Waals surface area contributed by atoms with Crippen LogP contribution in [0.2, 0.25) is 0 Å². The van der Waals surface area contributed by atoms with Gasteiger partial charge in [-0.1, -0.05) is 18.2 Å². The summed E-state index contributed by atoms with van der Waals surface area (Å²) in [5.41, 5.74) is 1.09. The van der Waals surface area contributed by atoms with Crippen LogP contribution in [0.15, 0.2) is 35.4 Å². The average Bonchev–Trinajstić information content (AvgIpc) is 3.17. The van der Waals surface area contributed by atoms with E-state index in [4.69, 9.17) is 9.47 Å². The van der Waals surface area contributed by atoms with E-state index in [1.54, 1.807) is 18.9 Å². The summed E-state index contributed by atoms with van der Waals surface area (Å²) in [6.07, 6.45) is 1.37. The van der Waals surface area contributed by atoms with Crippen molar-refractivity contribution in [1.29, 1.82) is 0 Å². The number of hydrogen-bond donors (Lipinski definition) is 1. The van der Waals surface area contributed by atoms with E-state index in [0.717, 1.165) is 5.56 Å². The number of fused-ring (bicyclic) bond motifs is 1. The molecule has 0 saturated carbocycles. The van der Waals surface area contributed by atoms with E-state index in [0.29, 0.717) is 59.3 Å². The Labute approximate surface area is 188 Å². The normalized spacial score (nSPS) is 13.9. The van der Waals surface area contributed by atoms with Gasteiger partial charge in [0, 0.05) is 25.2 Å². The first-order valence-corrected chi connectivity index (χ1v) is 11.1. The molecule has 1 N–H and O–H groups in total. The Balaban J connectivity index is 1.54. The van der Waals surface area contributed by atoms with E-state index >= 15 is 0 Å². The summed E-state index contributed by atoms with van der Waals surface area (Å²) in [5, 5.41) is 3.25.